The van der Waals surface area contributed by atoms with Gasteiger partial charge in [-0.2, -0.15) is 0 Å². The Labute approximate surface area is 274 Å². The van der Waals surface area contributed by atoms with Crippen LogP contribution >= 0.6 is 0 Å². The van der Waals surface area contributed by atoms with Gasteiger partial charge >= 0.3 is 0 Å². The van der Waals surface area contributed by atoms with E-state index in [2.05, 4.69) is 154 Å². The van der Waals surface area contributed by atoms with E-state index in [1.807, 2.05) is 0 Å². The topological polar surface area (TPSA) is 0 Å². The SMILES string of the molecule is CC[Si](CC)(C1=C(C)Cc2cccc(-c3ccc(C(C)(C)C)cc3)c21)C1=C(C)Cc2cccc(-c3ccc(C(C)(C)C)cc3)c21. The van der Waals surface area contributed by atoms with Crippen molar-refractivity contribution in [2.45, 2.75) is 105 Å². The molecule has 0 atom stereocenters. The van der Waals surface area contributed by atoms with Crippen molar-refractivity contribution in [1.82, 2.24) is 0 Å². The molecule has 0 saturated heterocycles. The first-order valence-electron chi connectivity index (χ1n) is 17.2. The van der Waals surface area contributed by atoms with Gasteiger partial charge in [0.2, 0.25) is 0 Å². The van der Waals surface area contributed by atoms with Crippen LogP contribution in [0.4, 0.5) is 0 Å². The summed E-state index contributed by atoms with van der Waals surface area (Å²) < 4.78 is 0. The zero-order valence-corrected chi connectivity index (χ0v) is 30.4. The van der Waals surface area contributed by atoms with Crippen LogP contribution in [0.15, 0.2) is 96.1 Å². The second-order valence-electron chi connectivity index (χ2n) is 15.8. The summed E-state index contributed by atoms with van der Waals surface area (Å²) in [6, 6.07) is 35.5. The summed E-state index contributed by atoms with van der Waals surface area (Å²) in [5.41, 5.74) is 17.9. The molecule has 2 aliphatic rings. The van der Waals surface area contributed by atoms with E-state index in [0.29, 0.717) is 0 Å². The fourth-order valence-corrected chi connectivity index (χ4v) is 13.9. The van der Waals surface area contributed by atoms with Gasteiger partial charge in [-0.1, -0.05) is 164 Å². The first kappa shape index (κ1) is 31.6. The maximum absolute atomic E-state index is 2.49. The van der Waals surface area contributed by atoms with Crippen molar-refractivity contribution in [3.63, 3.8) is 0 Å². The molecule has 0 nitrogen and oxygen atoms in total. The van der Waals surface area contributed by atoms with Gasteiger partial charge in [-0.25, -0.2) is 0 Å². The van der Waals surface area contributed by atoms with Crippen LogP contribution < -0.4 is 0 Å². The lowest BCUT2D eigenvalue weighted by Gasteiger charge is -2.37. The molecule has 0 unspecified atom stereocenters. The van der Waals surface area contributed by atoms with Crippen LogP contribution in [0.3, 0.4) is 0 Å². The van der Waals surface area contributed by atoms with E-state index in [1.54, 1.807) is 32.7 Å². The summed E-state index contributed by atoms with van der Waals surface area (Å²) in [5, 5.41) is 3.44. The quantitative estimate of drug-likeness (QED) is 0.191. The third kappa shape index (κ3) is 5.32. The van der Waals surface area contributed by atoms with Crippen molar-refractivity contribution < 1.29 is 0 Å². The van der Waals surface area contributed by atoms with Crippen LogP contribution in [0, 0.1) is 0 Å². The lowest BCUT2D eigenvalue weighted by molar-refractivity contribution is 0.590. The summed E-state index contributed by atoms with van der Waals surface area (Å²) in [5.74, 6) is 0. The second kappa shape index (κ2) is 11.4. The third-order valence-electron chi connectivity index (χ3n) is 10.9. The van der Waals surface area contributed by atoms with Gasteiger partial charge in [-0.05, 0) is 104 Å². The monoisotopic (exact) mass is 608 g/mol. The lowest BCUT2D eigenvalue weighted by atomic mass is 9.86. The largest absolute Gasteiger partial charge is 0.119 e. The van der Waals surface area contributed by atoms with Gasteiger partial charge in [0.25, 0.3) is 0 Å². The third-order valence-corrected chi connectivity index (χ3v) is 16.5. The van der Waals surface area contributed by atoms with Crippen molar-refractivity contribution in [1.29, 1.82) is 0 Å². The Hall–Kier alpha value is -3.42. The highest BCUT2D eigenvalue weighted by Gasteiger charge is 2.46. The molecule has 0 aliphatic heterocycles. The number of hydrogen-bond acceptors (Lipinski definition) is 0. The first-order chi connectivity index (χ1) is 21.3. The standard InChI is InChI=1S/C44H52Si/c1-11-45(12-2,41-29(3)27-33-15-13-17-37(39(33)41)31-19-23-35(24-20-31)43(5,6)7)42-30(4)28-34-16-14-18-38(40(34)42)32-21-25-36(26-22-32)44(8,9)10/h13-26H,11-12,27-28H2,1-10H3. The Bertz CT molecular complexity index is 1680. The molecule has 2 aliphatic carbocycles. The van der Waals surface area contributed by atoms with Crippen LogP contribution in [0.25, 0.3) is 32.6 Å². The predicted octanol–water partition coefficient (Wildman–Crippen LogP) is 12.5. The Morgan fingerprint density at radius 3 is 1.18 bits per heavy atom. The van der Waals surface area contributed by atoms with Crippen molar-refractivity contribution in [3.8, 4) is 22.3 Å². The summed E-state index contributed by atoms with van der Waals surface area (Å²) in [7, 11) is -2.16. The minimum absolute atomic E-state index is 0.149. The molecule has 0 fully saturated rings. The molecule has 0 aromatic heterocycles. The highest BCUT2D eigenvalue weighted by Crippen LogP contribution is 2.55. The molecule has 0 N–H and O–H groups in total. The molecule has 0 radical (unpaired) electrons. The van der Waals surface area contributed by atoms with Gasteiger partial charge in [0.15, 0.2) is 0 Å². The highest BCUT2D eigenvalue weighted by atomic mass is 28.3. The highest BCUT2D eigenvalue weighted by molar-refractivity contribution is 7.10. The maximum atomic E-state index is 2.49. The molecular weight excluding hydrogens is 557 g/mol. The van der Waals surface area contributed by atoms with Crippen molar-refractivity contribution in [3.05, 3.63) is 129 Å². The van der Waals surface area contributed by atoms with Gasteiger partial charge in [-0.3, -0.25) is 0 Å². The fourth-order valence-electron chi connectivity index (χ4n) is 8.42. The molecule has 0 amide bonds. The molecule has 6 rings (SSSR count). The number of rotatable bonds is 6. The molecule has 232 valence electrons. The Morgan fingerprint density at radius 1 is 0.511 bits per heavy atom. The molecule has 4 aromatic rings. The summed E-state index contributed by atoms with van der Waals surface area (Å²) in [4.78, 5) is 0. The summed E-state index contributed by atoms with van der Waals surface area (Å²) in [6.07, 6.45) is 2.14. The Balaban J connectivity index is 1.53. The zero-order valence-electron chi connectivity index (χ0n) is 29.4. The zero-order chi connectivity index (χ0) is 32.3. The number of allylic oxidation sites excluding steroid dienone is 2. The van der Waals surface area contributed by atoms with Crippen molar-refractivity contribution in [2.24, 2.45) is 0 Å². The van der Waals surface area contributed by atoms with Crippen LogP contribution in [0.1, 0.15) is 103 Å². The van der Waals surface area contributed by atoms with Crippen LogP contribution in [0.2, 0.25) is 12.1 Å². The minimum atomic E-state index is -2.16. The molecule has 0 bridgehead atoms. The minimum Gasteiger partial charge on any atom is -0.0686 e. The number of benzene rings is 4. The first-order valence-corrected chi connectivity index (χ1v) is 19.6. The van der Waals surface area contributed by atoms with Crippen LogP contribution in [0.5, 0.6) is 0 Å². The summed E-state index contributed by atoms with van der Waals surface area (Å²) >= 11 is 0. The molecule has 0 saturated carbocycles. The van der Waals surface area contributed by atoms with Gasteiger partial charge in [0, 0.05) is 0 Å². The molecule has 45 heavy (non-hydrogen) atoms. The predicted molar refractivity (Wildman–Crippen MR) is 200 cm³/mol. The Kier molecular flexibility index (Phi) is 8.01. The molecule has 0 heterocycles. The molecule has 0 spiro atoms. The van der Waals surface area contributed by atoms with Gasteiger partial charge in [0.05, 0.1) is 0 Å². The van der Waals surface area contributed by atoms with E-state index in [1.165, 1.54) is 56.6 Å². The Morgan fingerprint density at radius 2 is 0.867 bits per heavy atom. The molecular formula is C44H52Si. The molecule has 1 heteroatoms. The van der Waals surface area contributed by atoms with Crippen molar-refractivity contribution >= 4 is 18.5 Å². The van der Waals surface area contributed by atoms with E-state index in [0.717, 1.165) is 12.8 Å². The van der Waals surface area contributed by atoms with E-state index < -0.39 is 8.07 Å². The molecule has 4 aromatic carbocycles. The average Bonchev–Trinajstić information content (AvgIpc) is 3.54. The van der Waals surface area contributed by atoms with Gasteiger partial charge in [0.1, 0.15) is 8.07 Å². The summed E-state index contributed by atoms with van der Waals surface area (Å²) in [6.45, 7) is 23.7. The smallest absolute Gasteiger partial charge is 0.0686 e. The van der Waals surface area contributed by atoms with Crippen molar-refractivity contribution in [2.75, 3.05) is 0 Å². The van der Waals surface area contributed by atoms with Crippen LogP contribution in [-0.4, -0.2) is 8.07 Å². The average molecular weight is 609 g/mol. The maximum Gasteiger partial charge on any atom is 0.119 e. The second-order valence-corrected chi connectivity index (χ2v) is 20.4. The van der Waals surface area contributed by atoms with Gasteiger partial charge in [-0.15, -0.1) is 0 Å². The normalized spacial score (nSPS) is 15.2. The van der Waals surface area contributed by atoms with E-state index >= 15 is 0 Å². The van der Waals surface area contributed by atoms with E-state index in [-0.39, 0.29) is 10.8 Å². The fraction of sp³-hybridized carbons (Fsp3) is 0.364. The number of hydrogen-bond donors (Lipinski definition) is 0. The van der Waals surface area contributed by atoms with E-state index in [9.17, 15) is 0 Å². The lowest BCUT2D eigenvalue weighted by Crippen LogP contribution is -2.37. The number of fused-ring (bicyclic) bond motifs is 2. The van der Waals surface area contributed by atoms with Gasteiger partial charge < -0.3 is 0 Å². The van der Waals surface area contributed by atoms with Crippen LogP contribution in [-0.2, 0) is 23.7 Å². The van der Waals surface area contributed by atoms with E-state index in [4.69, 9.17) is 0 Å².